The van der Waals surface area contributed by atoms with E-state index in [4.69, 9.17) is 13.9 Å². The third-order valence-electron chi connectivity index (χ3n) is 4.80. The maximum atomic E-state index is 12.6. The van der Waals surface area contributed by atoms with Crippen LogP contribution < -0.4 is 10.4 Å². The molecule has 0 bridgehead atoms. The number of ether oxygens (including phenoxy) is 2. The molecule has 30 heavy (non-hydrogen) atoms. The molecular weight excluding hydrogens is 380 g/mol. The number of carbonyl (C=O) groups is 1. The van der Waals surface area contributed by atoms with Crippen molar-refractivity contribution in [3.8, 4) is 16.9 Å². The smallest absolute Gasteiger partial charge is 0.344 e. The fourth-order valence-electron chi connectivity index (χ4n) is 3.29. The first kappa shape index (κ1) is 19.5. The number of rotatable bonds is 6. The summed E-state index contributed by atoms with van der Waals surface area (Å²) in [4.78, 5) is 24.5. The molecule has 0 N–H and O–H groups in total. The van der Waals surface area contributed by atoms with E-state index in [1.807, 2.05) is 73.7 Å². The molecule has 1 aromatic heterocycles. The van der Waals surface area contributed by atoms with Crippen LogP contribution in [0, 0.1) is 6.92 Å². The van der Waals surface area contributed by atoms with Crippen molar-refractivity contribution in [3.63, 3.8) is 0 Å². The van der Waals surface area contributed by atoms with Gasteiger partial charge in [-0.1, -0.05) is 60.7 Å². The van der Waals surface area contributed by atoms with Gasteiger partial charge in [-0.15, -0.1) is 0 Å². The van der Waals surface area contributed by atoms with E-state index in [2.05, 4.69) is 0 Å². The number of aryl methyl sites for hydroxylation is 1. The Bertz CT molecular complexity index is 1230. The maximum absolute atomic E-state index is 12.6. The zero-order valence-electron chi connectivity index (χ0n) is 16.5. The standard InChI is InChI=1S/C25H20O5/c1-17-21-13-12-20(28-16-23(26)29-15-18-8-4-2-5-9-18)14-22(21)30-25(27)24(17)19-10-6-3-7-11-19/h2-14H,15-16H2,1H3. The van der Waals surface area contributed by atoms with Crippen molar-refractivity contribution in [3.05, 3.63) is 100 Å². The van der Waals surface area contributed by atoms with Gasteiger partial charge >= 0.3 is 11.6 Å². The molecule has 0 unspecified atom stereocenters. The summed E-state index contributed by atoms with van der Waals surface area (Å²) in [6.45, 7) is 1.85. The minimum atomic E-state index is -0.476. The summed E-state index contributed by atoms with van der Waals surface area (Å²) in [6, 6.07) is 24.0. The van der Waals surface area contributed by atoms with Crippen LogP contribution >= 0.6 is 0 Å². The van der Waals surface area contributed by atoms with Crippen LogP contribution in [0.5, 0.6) is 5.75 Å². The first-order valence-electron chi connectivity index (χ1n) is 9.57. The largest absolute Gasteiger partial charge is 0.482 e. The molecule has 0 radical (unpaired) electrons. The highest BCUT2D eigenvalue weighted by Crippen LogP contribution is 2.28. The zero-order chi connectivity index (χ0) is 20.9. The summed E-state index contributed by atoms with van der Waals surface area (Å²) in [7, 11) is 0. The minimum absolute atomic E-state index is 0.192. The Morgan fingerprint density at radius 1 is 0.933 bits per heavy atom. The van der Waals surface area contributed by atoms with Gasteiger partial charge in [0.25, 0.3) is 0 Å². The summed E-state index contributed by atoms with van der Waals surface area (Å²) >= 11 is 0. The van der Waals surface area contributed by atoms with Gasteiger partial charge in [-0.05, 0) is 35.7 Å². The quantitative estimate of drug-likeness (QED) is 0.341. The van der Waals surface area contributed by atoms with Crippen molar-refractivity contribution >= 4 is 16.9 Å². The van der Waals surface area contributed by atoms with E-state index in [1.165, 1.54) is 0 Å². The molecule has 0 amide bonds. The Labute approximate surface area is 173 Å². The lowest BCUT2D eigenvalue weighted by Gasteiger charge is -2.10. The molecule has 5 nitrogen and oxygen atoms in total. The molecule has 0 spiro atoms. The van der Waals surface area contributed by atoms with E-state index in [9.17, 15) is 9.59 Å². The minimum Gasteiger partial charge on any atom is -0.482 e. The fourth-order valence-corrected chi connectivity index (χ4v) is 3.29. The van der Waals surface area contributed by atoms with Crippen LogP contribution in [-0.2, 0) is 16.1 Å². The van der Waals surface area contributed by atoms with Gasteiger partial charge in [0.15, 0.2) is 6.61 Å². The Morgan fingerprint density at radius 3 is 2.37 bits per heavy atom. The predicted octanol–water partition coefficient (Wildman–Crippen LogP) is 4.89. The number of fused-ring (bicyclic) bond motifs is 1. The molecule has 1 heterocycles. The highest BCUT2D eigenvalue weighted by Gasteiger charge is 2.14. The Balaban J connectivity index is 1.48. The van der Waals surface area contributed by atoms with E-state index >= 15 is 0 Å². The molecule has 0 atom stereocenters. The summed E-state index contributed by atoms with van der Waals surface area (Å²) in [5.74, 6) is -0.0508. The van der Waals surface area contributed by atoms with E-state index in [0.717, 1.165) is 22.1 Å². The van der Waals surface area contributed by atoms with Gasteiger partial charge in [-0.2, -0.15) is 0 Å². The molecule has 4 rings (SSSR count). The molecule has 0 saturated carbocycles. The van der Waals surface area contributed by atoms with E-state index in [0.29, 0.717) is 16.9 Å². The van der Waals surface area contributed by atoms with Crippen LogP contribution in [0.3, 0.4) is 0 Å². The second-order valence-corrected chi connectivity index (χ2v) is 6.85. The lowest BCUT2D eigenvalue weighted by atomic mass is 10.00. The van der Waals surface area contributed by atoms with Crippen LogP contribution in [0.1, 0.15) is 11.1 Å². The molecule has 0 aliphatic rings. The summed E-state index contributed by atoms with van der Waals surface area (Å²) in [6.07, 6.45) is 0. The SMILES string of the molecule is Cc1c(-c2ccccc2)c(=O)oc2cc(OCC(=O)OCc3ccccc3)ccc12. The van der Waals surface area contributed by atoms with E-state index in [-0.39, 0.29) is 13.2 Å². The molecule has 0 saturated heterocycles. The van der Waals surface area contributed by atoms with Gasteiger partial charge in [-0.25, -0.2) is 9.59 Å². The van der Waals surface area contributed by atoms with Crippen LogP contribution in [0.2, 0.25) is 0 Å². The molecule has 150 valence electrons. The first-order valence-corrected chi connectivity index (χ1v) is 9.57. The highest BCUT2D eigenvalue weighted by molar-refractivity contribution is 5.87. The van der Waals surface area contributed by atoms with Gasteiger partial charge < -0.3 is 13.9 Å². The van der Waals surface area contributed by atoms with E-state index < -0.39 is 11.6 Å². The van der Waals surface area contributed by atoms with Crippen LogP contribution in [0.4, 0.5) is 0 Å². The fraction of sp³-hybridized carbons (Fsp3) is 0.120. The molecule has 0 fully saturated rings. The number of hydrogen-bond acceptors (Lipinski definition) is 5. The summed E-state index contributed by atoms with van der Waals surface area (Å²) in [5, 5.41) is 0.812. The first-order chi connectivity index (χ1) is 14.6. The van der Waals surface area contributed by atoms with Crippen molar-refractivity contribution in [1.82, 2.24) is 0 Å². The highest BCUT2D eigenvalue weighted by atomic mass is 16.6. The van der Waals surface area contributed by atoms with Gasteiger partial charge in [-0.3, -0.25) is 0 Å². The molecule has 0 aliphatic heterocycles. The van der Waals surface area contributed by atoms with Crippen molar-refractivity contribution in [1.29, 1.82) is 0 Å². The monoisotopic (exact) mass is 400 g/mol. The third kappa shape index (κ3) is 4.25. The molecule has 3 aromatic carbocycles. The summed E-state index contributed by atoms with van der Waals surface area (Å²) in [5.41, 5.74) is 3.09. The van der Waals surface area contributed by atoms with Crippen molar-refractivity contribution in [2.45, 2.75) is 13.5 Å². The van der Waals surface area contributed by atoms with E-state index in [1.54, 1.807) is 12.1 Å². The number of benzene rings is 3. The Morgan fingerprint density at radius 2 is 1.63 bits per heavy atom. The normalized spacial score (nSPS) is 10.7. The molecule has 5 heteroatoms. The van der Waals surface area contributed by atoms with Gasteiger partial charge in [0, 0.05) is 11.5 Å². The van der Waals surface area contributed by atoms with Crippen molar-refractivity contribution in [2.24, 2.45) is 0 Å². The Kier molecular flexibility index (Phi) is 5.61. The number of hydrogen-bond donors (Lipinski definition) is 0. The average Bonchev–Trinajstić information content (AvgIpc) is 2.77. The van der Waals surface area contributed by atoms with Gasteiger partial charge in [0.1, 0.15) is 17.9 Å². The van der Waals surface area contributed by atoms with Gasteiger partial charge in [0.05, 0.1) is 5.56 Å². The Hall–Kier alpha value is -3.86. The van der Waals surface area contributed by atoms with Gasteiger partial charge in [0.2, 0.25) is 0 Å². The maximum Gasteiger partial charge on any atom is 0.344 e. The van der Waals surface area contributed by atoms with Crippen LogP contribution in [0.15, 0.2) is 88.1 Å². The third-order valence-corrected chi connectivity index (χ3v) is 4.80. The van der Waals surface area contributed by atoms with Crippen molar-refractivity contribution < 1.29 is 18.7 Å². The second kappa shape index (κ2) is 8.66. The number of esters is 1. The lowest BCUT2D eigenvalue weighted by Crippen LogP contribution is -2.14. The number of carbonyl (C=O) groups excluding carboxylic acids is 1. The zero-order valence-corrected chi connectivity index (χ0v) is 16.5. The molecule has 0 aliphatic carbocycles. The molecule has 4 aromatic rings. The second-order valence-electron chi connectivity index (χ2n) is 6.85. The van der Waals surface area contributed by atoms with Crippen LogP contribution in [-0.4, -0.2) is 12.6 Å². The van der Waals surface area contributed by atoms with Crippen molar-refractivity contribution in [2.75, 3.05) is 6.61 Å². The molecular formula is C25H20O5. The predicted molar refractivity (Wildman–Crippen MR) is 114 cm³/mol. The summed E-state index contributed by atoms with van der Waals surface area (Å²) < 4.78 is 16.3. The lowest BCUT2D eigenvalue weighted by molar-refractivity contribution is -0.147. The topological polar surface area (TPSA) is 65.7 Å². The average molecular weight is 400 g/mol. The van der Waals surface area contributed by atoms with Crippen LogP contribution in [0.25, 0.3) is 22.1 Å².